The van der Waals surface area contributed by atoms with Crippen LogP contribution in [0.1, 0.15) is 37.3 Å². The van der Waals surface area contributed by atoms with E-state index in [1.165, 1.54) is 22.9 Å². The van der Waals surface area contributed by atoms with Crippen LogP contribution >= 0.6 is 0 Å². The number of aromatic amines is 1. The van der Waals surface area contributed by atoms with Gasteiger partial charge in [0, 0.05) is 30.1 Å². The summed E-state index contributed by atoms with van der Waals surface area (Å²) in [5, 5.41) is 11.9. The molecule has 3 N–H and O–H groups in total. The minimum Gasteiger partial charge on any atom is -0.441 e. The lowest BCUT2D eigenvalue weighted by atomic mass is 10.1. The summed E-state index contributed by atoms with van der Waals surface area (Å²) in [6, 6.07) is 2.21. The Kier molecular flexibility index (Phi) is 4.92. The van der Waals surface area contributed by atoms with Crippen LogP contribution in [0.2, 0.25) is 0 Å². The van der Waals surface area contributed by atoms with Gasteiger partial charge in [-0.2, -0.15) is 18.3 Å². The van der Waals surface area contributed by atoms with Crippen molar-refractivity contribution in [1.82, 2.24) is 29.9 Å². The average molecular weight is 469 g/mol. The molecule has 1 aliphatic heterocycles. The van der Waals surface area contributed by atoms with Crippen molar-refractivity contribution in [1.29, 1.82) is 0 Å². The van der Waals surface area contributed by atoms with E-state index in [0.29, 0.717) is 0 Å². The number of alkyl carbamates (subject to hydrolysis) is 1. The highest BCUT2D eigenvalue weighted by molar-refractivity contribution is 5.69. The number of carbonyl (C=O) groups is 1. The van der Waals surface area contributed by atoms with Gasteiger partial charge in [0.2, 0.25) is 5.95 Å². The largest absolute Gasteiger partial charge is 0.441 e. The third-order valence-corrected chi connectivity index (χ3v) is 5.57. The quantitative estimate of drug-likeness (QED) is 0.491. The minimum atomic E-state index is -4.67. The molecular formula is C19H19F4N7O3. The lowest BCUT2D eigenvalue weighted by Gasteiger charge is -2.17. The van der Waals surface area contributed by atoms with Crippen molar-refractivity contribution in [2.45, 2.75) is 49.9 Å². The second kappa shape index (κ2) is 7.57. The fraction of sp³-hybridized carbons (Fsp3) is 0.474. The Morgan fingerprint density at radius 1 is 1.36 bits per heavy atom. The number of amides is 1. The number of ether oxygens (including phenoxy) is 2. The topological polar surface area (TPSA) is 118 Å². The van der Waals surface area contributed by atoms with E-state index in [1.54, 1.807) is 0 Å². The van der Waals surface area contributed by atoms with Crippen LogP contribution in [0.5, 0.6) is 0 Å². The van der Waals surface area contributed by atoms with Gasteiger partial charge in [-0.1, -0.05) is 0 Å². The van der Waals surface area contributed by atoms with Gasteiger partial charge in [-0.05, 0) is 19.8 Å². The van der Waals surface area contributed by atoms with Crippen molar-refractivity contribution in [2.75, 3.05) is 11.9 Å². The number of hydrogen-bond acceptors (Lipinski definition) is 7. The van der Waals surface area contributed by atoms with Crippen molar-refractivity contribution in [3.05, 3.63) is 35.9 Å². The summed E-state index contributed by atoms with van der Waals surface area (Å²) in [4.78, 5) is 19.4. The Bertz CT molecular complexity index is 1190. The molecule has 2 aliphatic rings. The molecule has 3 aromatic rings. The Morgan fingerprint density at radius 3 is 2.88 bits per heavy atom. The fourth-order valence-electron chi connectivity index (χ4n) is 3.48. The molecule has 1 saturated carbocycles. The molecule has 0 spiro atoms. The number of aromatic nitrogens is 5. The molecule has 5 rings (SSSR count). The number of fused-ring (bicyclic) bond motifs is 1. The summed E-state index contributed by atoms with van der Waals surface area (Å²) < 4.78 is 66.3. The van der Waals surface area contributed by atoms with E-state index in [4.69, 9.17) is 9.47 Å². The Morgan fingerprint density at radius 2 is 2.15 bits per heavy atom. The molecule has 0 bridgehead atoms. The van der Waals surface area contributed by atoms with Crippen LogP contribution in [0.3, 0.4) is 0 Å². The molecule has 2 fully saturated rings. The van der Waals surface area contributed by atoms with Crippen molar-refractivity contribution in [2.24, 2.45) is 0 Å². The molecule has 1 amide bonds. The lowest BCUT2D eigenvalue weighted by Crippen LogP contribution is -2.39. The number of halogens is 4. The third-order valence-electron chi connectivity index (χ3n) is 5.57. The van der Waals surface area contributed by atoms with Crippen LogP contribution in [-0.2, 0) is 15.7 Å². The average Bonchev–Trinajstić information content (AvgIpc) is 3.13. The highest BCUT2D eigenvalue weighted by Gasteiger charge is 2.44. The zero-order valence-corrected chi connectivity index (χ0v) is 17.2. The van der Waals surface area contributed by atoms with Crippen molar-refractivity contribution in [3.8, 4) is 0 Å². The summed E-state index contributed by atoms with van der Waals surface area (Å²) >= 11 is 0. The van der Waals surface area contributed by atoms with Crippen LogP contribution in [0.4, 0.5) is 34.1 Å². The number of rotatable bonds is 5. The SMILES string of the molecule is CC1(NC(=O)O[C@H]2CO[C@@H](c3cc(Nc4nc(C(F)(F)F)cc5nccn45)n[nH]3)[C@H]2F)CC1. The van der Waals surface area contributed by atoms with E-state index in [9.17, 15) is 22.4 Å². The maximum Gasteiger partial charge on any atom is 0.433 e. The van der Waals surface area contributed by atoms with Crippen molar-refractivity contribution in [3.63, 3.8) is 0 Å². The molecule has 0 aromatic carbocycles. The Hall–Kier alpha value is -3.42. The smallest absolute Gasteiger partial charge is 0.433 e. The maximum absolute atomic E-state index is 14.9. The van der Waals surface area contributed by atoms with Gasteiger partial charge in [-0.3, -0.25) is 9.50 Å². The van der Waals surface area contributed by atoms with Gasteiger partial charge in [-0.15, -0.1) is 0 Å². The van der Waals surface area contributed by atoms with Gasteiger partial charge in [-0.25, -0.2) is 19.2 Å². The third kappa shape index (κ3) is 4.29. The number of alkyl halides is 4. The number of nitrogens with zero attached hydrogens (tertiary/aromatic N) is 4. The molecule has 176 valence electrons. The Labute approximate surface area is 183 Å². The molecule has 4 heterocycles. The van der Waals surface area contributed by atoms with Gasteiger partial charge in [0.1, 0.15) is 11.8 Å². The van der Waals surface area contributed by atoms with Crippen LogP contribution in [0.15, 0.2) is 24.5 Å². The number of anilines is 2. The van der Waals surface area contributed by atoms with E-state index in [-0.39, 0.29) is 35.3 Å². The number of hydrogen-bond donors (Lipinski definition) is 3. The summed E-state index contributed by atoms with van der Waals surface area (Å²) in [6.07, 6.45) is -4.80. The lowest BCUT2D eigenvalue weighted by molar-refractivity contribution is -0.141. The molecular weight excluding hydrogens is 450 g/mol. The van der Waals surface area contributed by atoms with Crippen molar-refractivity contribution >= 4 is 23.5 Å². The fourth-order valence-corrected chi connectivity index (χ4v) is 3.48. The van der Waals surface area contributed by atoms with E-state index in [1.807, 2.05) is 6.92 Å². The van der Waals surface area contributed by atoms with E-state index >= 15 is 0 Å². The monoisotopic (exact) mass is 469 g/mol. The second-order valence-electron chi connectivity index (χ2n) is 8.28. The molecule has 14 heteroatoms. The zero-order chi connectivity index (χ0) is 23.4. The highest BCUT2D eigenvalue weighted by atomic mass is 19.4. The van der Waals surface area contributed by atoms with Gasteiger partial charge in [0.05, 0.1) is 12.3 Å². The first-order chi connectivity index (χ1) is 15.6. The molecule has 33 heavy (non-hydrogen) atoms. The molecule has 3 atom stereocenters. The second-order valence-corrected chi connectivity index (χ2v) is 8.28. The number of nitrogens with one attached hydrogen (secondary N) is 3. The van der Waals surface area contributed by atoms with Crippen LogP contribution < -0.4 is 10.6 Å². The summed E-state index contributed by atoms with van der Waals surface area (Å²) in [7, 11) is 0. The molecule has 0 unspecified atom stereocenters. The zero-order valence-electron chi connectivity index (χ0n) is 17.2. The molecule has 1 aliphatic carbocycles. The van der Waals surface area contributed by atoms with Crippen LogP contribution in [0.25, 0.3) is 5.65 Å². The summed E-state index contributed by atoms with van der Waals surface area (Å²) in [5.41, 5.74) is -1.17. The van der Waals surface area contributed by atoms with Gasteiger partial charge < -0.3 is 20.1 Å². The standard InChI is InChI=1S/C19H19F4N7O3/c1-18(2-3-18)27-17(31)33-10-8-32-15(14(10)20)9-6-12(29-28-9)26-16-25-11(19(21,22)23)7-13-24-4-5-30(13)16/h4-7,10,14-15H,2-3,8H2,1H3,(H,27,31)(H2,25,26,28,29)/t10-,14-,15-/m0/s1. The van der Waals surface area contributed by atoms with Crippen LogP contribution in [0, 0.1) is 0 Å². The first-order valence-electron chi connectivity index (χ1n) is 10.1. The van der Waals surface area contributed by atoms with E-state index in [0.717, 1.165) is 18.9 Å². The predicted octanol–water partition coefficient (Wildman–Crippen LogP) is 3.27. The van der Waals surface area contributed by atoms with Gasteiger partial charge >= 0.3 is 12.3 Å². The first-order valence-corrected chi connectivity index (χ1v) is 10.1. The summed E-state index contributed by atoms with van der Waals surface area (Å²) in [5.74, 6) is -0.0858. The van der Waals surface area contributed by atoms with Gasteiger partial charge in [0.15, 0.2) is 23.8 Å². The molecule has 1 saturated heterocycles. The number of imidazole rings is 1. The van der Waals surface area contributed by atoms with Crippen molar-refractivity contribution < 1.29 is 31.8 Å². The molecule has 0 radical (unpaired) electrons. The minimum absolute atomic E-state index is 0.0388. The number of carbonyl (C=O) groups excluding carboxylic acids is 1. The normalized spacial score (nSPS) is 24.1. The van der Waals surface area contributed by atoms with E-state index < -0.39 is 36.3 Å². The Balaban J connectivity index is 1.29. The van der Waals surface area contributed by atoms with Gasteiger partial charge in [0.25, 0.3) is 0 Å². The predicted molar refractivity (Wildman–Crippen MR) is 104 cm³/mol. The van der Waals surface area contributed by atoms with Crippen LogP contribution in [-0.4, -0.2) is 55.1 Å². The highest BCUT2D eigenvalue weighted by Crippen LogP contribution is 2.36. The summed E-state index contributed by atoms with van der Waals surface area (Å²) in [6.45, 7) is 1.72. The number of H-pyrrole nitrogens is 1. The molecule has 3 aromatic heterocycles. The van der Waals surface area contributed by atoms with E-state index in [2.05, 4.69) is 30.8 Å². The maximum atomic E-state index is 14.9. The molecule has 10 nitrogen and oxygen atoms in total. The first kappa shape index (κ1) is 21.4.